The summed E-state index contributed by atoms with van der Waals surface area (Å²) in [5.74, 6) is 1.54. The van der Waals surface area contributed by atoms with E-state index < -0.39 is 0 Å². The molecule has 118 valence electrons. The van der Waals surface area contributed by atoms with Crippen LogP contribution in [0.2, 0.25) is 0 Å². The van der Waals surface area contributed by atoms with E-state index in [0.717, 1.165) is 33.5 Å². The van der Waals surface area contributed by atoms with Crippen LogP contribution in [0.15, 0.2) is 46.9 Å². The van der Waals surface area contributed by atoms with Gasteiger partial charge in [-0.15, -0.1) is 0 Å². The van der Waals surface area contributed by atoms with Crippen LogP contribution in [-0.4, -0.2) is 12.6 Å². The number of rotatable bonds is 7. The highest BCUT2D eigenvalue weighted by atomic mass is 79.9. The number of halogens is 1. The molecule has 0 amide bonds. The standard InChI is InChI=1S/C18H22BrNO2/c1-3-21-18-11-15(10-13(2)20)6-9-17(18)22-12-14-4-7-16(19)8-5-14/h4-9,11,13H,3,10,12,20H2,1-2H3. The molecule has 3 nitrogen and oxygen atoms in total. The van der Waals surface area contributed by atoms with Gasteiger partial charge in [-0.05, 0) is 55.7 Å². The average molecular weight is 364 g/mol. The molecule has 0 fully saturated rings. The topological polar surface area (TPSA) is 44.5 Å². The molecule has 0 bridgehead atoms. The van der Waals surface area contributed by atoms with Crippen molar-refractivity contribution in [2.24, 2.45) is 5.73 Å². The fraction of sp³-hybridized carbons (Fsp3) is 0.333. The second-order valence-electron chi connectivity index (χ2n) is 5.31. The molecule has 1 unspecified atom stereocenters. The Labute approximate surface area is 140 Å². The predicted octanol–water partition coefficient (Wildman–Crippen LogP) is 4.32. The van der Waals surface area contributed by atoms with Crippen molar-refractivity contribution in [3.8, 4) is 11.5 Å². The minimum absolute atomic E-state index is 0.129. The highest BCUT2D eigenvalue weighted by Gasteiger charge is 2.08. The minimum Gasteiger partial charge on any atom is -0.490 e. The fourth-order valence-corrected chi connectivity index (χ4v) is 2.44. The van der Waals surface area contributed by atoms with Crippen molar-refractivity contribution in [2.45, 2.75) is 32.9 Å². The maximum absolute atomic E-state index is 5.90. The van der Waals surface area contributed by atoms with Crippen LogP contribution in [0.25, 0.3) is 0 Å². The van der Waals surface area contributed by atoms with Gasteiger partial charge in [0.05, 0.1) is 6.61 Å². The zero-order chi connectivity index (χ0) is 15.9. The van der Waals surface area contributed by atoms with Crippen molar-refractivity contribution in [1.29, 1.82) is 0 Å². The zero-order valence-corrected chi connectivity index (χ0v) is 14.6. The summed E-state index contributed by atoms with van der Waals surface area (Å²) < 4.78 is 12.7. The van der Waals surface area contributed by atoms with E-state index in [9.17, 15) is 0 Å². The molecule has 0 aliphatic carbocycles. The van der Waals surface area contributed by atoms with Crippen LogP contribution < -0.4 is 15.2 Å². The Hall–Kier alpha value is -1.52. The normalized spacial score (nSPS) is 12.0. The van der Waals surface area contributed by atoms with E-state index in [4.69, 9.17) is 15.2 Å². The smallest absolute Gasteiger partial charge is 0.161 e. The van der Waals surface area contributed by atoms with Gasteiger partial charge in [-0.25, -0.2) is 0 Å². The SMILES string of the molecule is CCOc1cc(CC(C)N)ccc1OCc1ccc(Br)cc1. The second kappa shape index (κ2) is 8.20. The van der Waals surface area contributed by atoms with E-state index in [1.54, 1.807) is 0 Å². The first kappa shape index (κ1) is 16.8. The first-order valence-corrected chi connectivity index (χ1v) is 8.26. The maximum atomic E-state index is 5.90. The summed E-state index contributed by atoms with van der Waals surface area (Å²) in [7, 11) is 0. The molecule has 2 aromatic carbocycles. The molecular formula is C18H22BrNO2. The molecule has 0 aliphatic heterocycles. The molecule has 22 heavy (non-hydrogen) atoms. The quantitative estimate of drug-likeness (QED) is 0.796. The lowest BCUT2D eigenvalue weighted by molar-refractivity contribution is 0.269. The fourth-order valence-electron chi connectivity index (χ4n) is 2.18. The molecule has 2 aromatic rings. The molecule has 0 spiro atoms. The van der Waals surface area contributed by atoms with E-state index in [0.29, 0.717) is 13.2 Å². The number of benzene rings is 2. The maximum Gasteiger partial charge on any atom is 0.161 e. The van der Waals surface area contributed by atoms with Crippen molar-refractivity contribution in [3.63, 3.8) is 0 Å². The van der Waals surface area contributed by atoms with Crippen LogP contribution in [-0.2, 0) is 13.0 Å². The van der Waals surface area contributed by atoms with Gasteiger partial charge in [0.25, 0.3) is 0 Å². The van der Waals surface area contributed by atoms with E-state index in [2.05, 4.69) is 15.9 Å². The zero-order valence-electron chi connectivity index (χ0n) is 13.0. The largest absolute Gasteiger partial charge is 0.490 e. The lowest BCUT2D eigenvalue weighted by atomic mass is 10.1. The molecule has 2 rings (SSSR count). The molecule has 0 heterocycles. The summed E-state index contributed by atoms with van der Waals surface area (Å²) in [6.45, 7) is 5.09. The molecule has 2 N–H and O–H groups in total. The Morgan fingerprint density at radius 2 is 1.68 bits per heavy atom. The lowest BCUT2D eigenvalue weighted by Gasteiger charge is -2.14. The highest BCUT2D eigenvalue weighted by Crippen LogP contribution is 2.29. The van der Waals surface area contributed by atoms with Crippen LogP contribution in [0.3, 0.4) is 0 Å². The van der Waals surface area contributed by atoms with Gasteiger partial charge < -0.3 is 15.2 Å². The number of hydrogen-bond donors (Lipinski definition) is 1. The summed E-state index contributed by atoms with van der Waals surface area (Å²) in [5.41, 5.74) is 8.14. The molecule has 0 aliphatic rings. The van der Waals surface area contributed by atoms with E-state index in [-0.39, 0.29) is 6.04 Å². The first-order valence-electron chi connectivity index (χ1n) is 7.47. The van der Waals surface area contributed by atoms with Gasteiger partial charge >= 0.3 is 0 Å². The molecule has 1 atom stereocenters. The summed E-state index contributed by atoms with van der Waals surface area (Å²) in [5, 5.41) is 0. The van der Waals surface area contributed by atoms with E-state index in [1.807, 2.05) is 56.3 Å². The molecule has 0 saturated carbocycles. The van der Waals surface area contributed by atoms with Crippen molar-refractivity contribution in [2.75, 3.05) is 6.61 Å². The Kier molecular flexibility index (Phi) is 6.28. The average Bonchev–Trinajstić information content (AvgIpc) is 2.48. The van der Waals surface area contributed by atoms with E-state index in [1.165, 1.54) is 0 Å². The highest BCUT2D eigenvalue weighted by molar-refractivity contribution is 9.10. The second-order valence-corrected chi connectivity index (χ2v) is 6.23. The number of ether oxygens (including phenoxy) is 2. The summed E-state index contributed by atoms with van der Waals surface area (Å²) >= 11 is 3.43. The van der Waals surface area contributed by atoms with Crippen LogP contribution in [0.1, 0.15) is 25.0 Å². The van der Waals surface area contributed by atoms with Crippen molar-refractivity contribution in [3.05, 3.63) is 58.1 Å². The van der Waals surface area contributed by atoms with Gasteiger partial charge in [-0.3, -0.25) is 0 Å². The van der Waals surface area contributed by atoms with Gasteiger partial charge in [0.1, 0.15) is 6.61 Å². The lowest BCUT2D eigenvalue weighted by Crippen LogP contribution is -2.17. The summed E-state index contributed by atoms with van der Waals surface area (Å²) in [6.07, 6.45) is 0.826. The van der Waals surface area contributed by atoms with Crippen LogP contribution in [0, 0.1) is 0 Å². The third-order valence-corrected chi connectivity index (χ3v) is 3.70. The van der Waals surface area contributed by atoms with Crippen molar-refractivity contribution >= 4 is 15.9 Å². The summed E-state index contributed by atoms with van der Waals surface area (Å²) in [4.78, 5) is 0. The van der Waals surface area contributed by atoms with Crippen LogP contribution in [0.5, 0.6) is 11.5 Å². The van der Waals surface area contributed by atoms with Gasteiger partial charge in [0.15, 0.2) is 11.5 Å². The molecule has 4 heteroatoms. The predicted molar refractivity (Wildman–Crippen MR) is 93.4 cm³/mol. The molecule has 0 aromatic heterocycles. The Bertz CT molecular complexity index is 597. The van der Waals surface area contributed by atoms with Crippen molar-refractivity contribution in [1.82, 2.24) is 0 Å². The molecule has 0 radical (unpaired) electrons. The Morgan fingerprint density at radius 3 is 2.32 bits per heavy atom. The Morgan fingerprint density at radius 1 is 1.00 bits per heavy atom. The third-order valence-electron chi connectivity index (χ3n) is 3.17. The van der Waals surface area contributed by atoms with Crippen LogP contribution >= 0.6 is 15.9 Å². The van der Waals surface area contributed by atoms with Gasteiger partial charge in [-0.1, -0.05) is 34.1 Å². The molecular weight excluding hydrogens is 342 g/mol. The number of nitrogens with two attached hydrogens (primary N) is 1. The van der Waals surface area contributed by atoms with E-state index >= 15 is 0 Å². The van der Waals surface area contributed by atoms with Crippen molar-refractivity contribution < 1.29 is 9.47 Å². The number of hydrogen-bond acceptors (Lipinski definition) is 3. The summed E-state index contributed by atoms with van der Waals surface area (Å²) in [6, 6.07) is 14.2. The monoisotopic (exact) mass is 363 g/mol. The van der Waals surface area contributed by atoms with Gasteiger partial charge in [0.2, 0.25) is 0 Å². The molecule has 0 saturated heterocycles. The van der Waals surface area contributed by atoms with Gasteiger partial charge in [-0.2, -0.15) is 0 Å². The van der Waals surface area contributed by atoms with Crippen LogP contribution in [0.4, 0.5) is 0 Å². The third kappa shape index (κ3) is 5.04. The minimum atomic E-state index is 0.129. The Balaban J connectivity index is 2.09. The van der Waals surface area contributed by atoms with Gasteiger partial charge in [0, 0.05) is 10.5 Å². The first-order chi connectivity index (χ1) is 10.6.